The van der Waals surface area contributed by atoms with Crippen molar-refractivity contribution in [3.05, 3.63) is 0 Å². The molecule has 0 aromatic rings. The van der Waals surface area contributed by atoms with Crippen molar-refractivity contribution in [1.29, 1.82) is 0 Å². The van der Waals surface area contributed by atoms with Crippen molar-refractivity contribution in [2.75, 3.05) is 7.11 Å². The molecule has 0 heterocycles. The van der Waals surface area contributed by atoms with Gasteiger partial charge in [-0.3, -0.25) is 4.79 Å². The number of hydrogen-bond donors (Lipinski definition) is 1. The second kappa shape index (κ2) is 9.64. The average molecular weight is 230 g/mol. The standard InChI is InChI=1S/C13H26O3/c1-4-6-7-8-9-10-12(14)11(5-2)13(15)16-3/h11-12,14H,4-10H2,1-3H3/t11-,12-/m1/s1. The van der Waals surface area contributed by atoms with Gasteiger partial charge in [-0.05, 0) is 12.8 Å². The van der Waals surface area contributed by atoms with Crippen LogP contribution in [0.15, 0.2) is 0 Å². The first kappa shape index (κ1) is 15.4. The molecule has 3 heteroatoms. The third kappa shape index (κ3) is 6.11. The Labute approximate surface area is 99.2 Å². The molecule has 3 nitrogen and oxygen atoms in total. The van der Waals surface area contributed by atoms with E-state index in [4.69, 9.17) is 0 Å². The number of aliphatic hydroxyl groups excluding tert-OH is 1. The van der Waals surface area contributed by atoms with E-state index >= 15 is 0 Å². The zero-order valence-corrected chi connectivity index (χ0v) is 10.9. The lowest BCUT2D eigenvalue weighted by Crippen LogP contribution is -2.28. The highest BCUT2D eigenvalue weighted by Gasteiger charge is 2.25. The normalized spacial score (nSPS) is 14.5. The first-order valence-corrected chi connectivity index (χ1v) is 6.43. The number of esters is 1. The fraction of sp³-hybridized carbons (Fsp3) is 0.923. The van der Waals surface area contributed by atoms with E-state index in [2.05, 4.69) is 11.7 Å². The van der Waals surface area contributed by atoms with E-state index in [0.29, 0.717) is 12.8 Å². The molecule has 0 aromatic carbocycles. The van der Waals surface area contributed by atoms with Gasteiger partial charge in [-0.25, -0.2) is 0 Å². The molecule has 16 heavy (non-hydrogen) atoms. The summed E-state index contributed by atoms with van der Waals surface area (Å²) >= 11 is 0. The van der Waals surface area contributed by atoms with Crippen molar-refractivity contribution in [2.24, 2.45) is 5.92 Å². The largest absolute Gasteiger partial charge is 0.469 e. The molecule has 0 aliphatic carbocycles. The molecule has 0 saturated heterocycles. The van der Waals surface area contributed by atoms with Gasteiger partial charge >= 0.3 is 5.97 Å². The number of hydrogen-bond acceptors (Lipinski definition) is 3. The van der Waals surface area contributed by atoms with Gasteiger partial charge in [0.2, 0.25) is 0 Å². The molecular formula is C13H26O3. The Morgan fingerprint density at radius 3 is 2.31 bits per heavy atom. The summed E-state index contributed by atoms with van der Waals surface area (Å²) in [6.45, 7) is 4.08. The Balaban J connectivity index is 3.75. The van der Waals surface area contributed by atoms with Crippen LogP contribution in [0.2, 0.25) is 0 Å². The van der Waals surface area contributed by atoms with Crippen LogP contribution < -0.4 is 0 Å². The highest BCUT2D eigenvalue weighted by molar-refractivity contribution is 5.72. The number of aliphatic hydroxyl groups is 1. The zero-order valence-electron chi connectivity index (χ0n) is 10.9. The van der Waals surface area contributed by atoms with Crippen LogP contribution >= 0.6 is 0 Å². The lowest BCUT2D eigenvalue weighted by Gasteiger charge is -2.18. The molecule has 0 rings (SSSR count). The van der Waals surface area contributed by atoms with Crippen LogP contribution in [0.4, 0.5) is 0 Å². The van der Waals surface area contributed by atoms with Crippen LogP contribution in [0.3, 0.4) is 0 Å². The summed E-state index contributed by atoms with van der Waals surface area (Å²) in [5.41, 5.74) is 0. The second-order valence-corrected chi connectivity index (χ2v) is 4.31. The van der Waals surface area contributed by atoms with E-state index in [9.17, 15) is 9.90 Å². The van der Waals surface area contributed by atoms with Gasteiger partial charge in [-0.2, -0.15) is 0 Å². The molecule has 0 amide bonds. The van der Waals surface area contributed by atoms with Crippen molar-refractivity contribution < 1.29 is 14.6 Å². The van der Waals surface area contributed by atoms with Crippen molar-refractivity contribution in [2.45, 2.75) is 64.9 Å². The van der Waals surface area contributed by atoms with Crippen LogP contribution in [0, 0.1) is 5.92 Å². The number of methoxy groups -OCH3 is 1. The number of rotatable bonds is 9. The SMILES string of the molecule is CCCCCCC[C@@H](O)[C@@H](CC)C(=O)OC. The maximum Gasteiger partial charge on any atom is 0.311 e. The number of carbonyl (C=O) groups excluding carboxylic acids is 1. The highest BCUT2D eigenvalue weighted by atomic mass is 16.5. The third-order valence-corrected chi connectivity index (χ3v) is 3.01. The van der Waals surface area contributed by atoms with E-state index in [-0.39, 0.29) is 11.9 Å². The summed E-state index contributed by atoms with van der Waals surface area (Å²) in [4.78, 5) is 11.3. The molecule has 0 spiro atoms. The topological polar surface area (TPSA) is 46.5 Å². The van der Waals surface area contributed by atoms with E-state index in [0.717, 1.165) is 12.8 Å². The smallest absolute Gasteiger partial charge is 0.311 e. The van der Waals surface area contributed by atoms with E-state index in [1.165, 1.54) is 26.4 Å². The fourth-order valence-electron chi connectivity index (χ4n) is 1.91. The summed E-state index contributed by atoms with van der Waals surface area (Å²) in [6.07, 6.45) is 6.64. The lowest BCUT2D eigenvalue weighted by molar-refractivity contribution is -0.149. The maximum absolute atomic E-state index is 11.3. The molecular weight excluding hydrogens is 204 g/mol. The van der Waals surface area contributed by atoms with Crippen molar-refractivity contribution in [1.82, 2.24) is 0 Å². The minimum absolute atomic E-state index is 0.288. The summed E-state index contributed by atoms with van der Waals surface area (Å²) in [5.74, 6) is -0.639. The maximum atomic E-state index is 11.3. The predicted octanol–water partition coefficient (Wildman–Crippen LogP) is 2.91. The van der Waals surface area contributed by atoms with Gasteiger partial charge in [0.05, 0.1) is 19.1 Å². The summed E-state index contributed by atoms with van der Waals surface area (Å²) in [5, 5.41) is 9.87. The molecule has 0 radical (unpaired) electrons. The molecule has 0 aromatic heterocycles. The zero-order chi connectivity index (χ0) is 12.4. The molecule has 96 valence electrons. The first-order chi connectivity index (χ1) is 7.67. The van der Waals surface area contributed by atoms with E-state index in [1.54, 1.807) is 0 Å². The Morgan fingerprint density at radius 1 is 1.19 bits per heavy atom. The van der Waals surface area contributed by atoms with Gasteiger partial charge in [0.1, 0.15) is 0 Å². The van der Waals surface area contributed by atoms with Gasteiger partial charge in [0.15, 0.2) is 0 Å². The first-order valence-electron chi connectivity index (χ1n) is 6.43. The third-order valence-electron chi connectivity index (χ3n) is 3.01. The molecule has 0 fully saturated rings. The summed E-state index contributed by atoms with van der Waals surface area (Å²) < 4.78 is 4.67. The van der Waals surface area contributed by atoms with Crippen molar-refractivity contribution in [3.8, 4) is 0 Å². The van der Waals surface area contributed by atoms with Gasteiger partial charge in [0.25, 0.3) is 0 Å². The highest BCUT2D eigenvalue weighted by Crippen LogP contribution is 2.17. The van der Waals surface area contributed by atoms with E-state index in [1.807, 2.05) is 6.92 Å². The van der Waals surface area contributed by atoms with Gasteiger partial charge < -0.3 is 9.84 Å². The second-order valence-electron chi connectivity index (χ2n) is 4.31. The predicted molar refractivity (Wildman–Crippen MR) is 65.2 cm³/mol. The Kier molecular flexibility index (Phi) is 9.30. The van der Waals surface area contributed by atoms with E-state index < -0.39 is 6.10 Å². The van der Waals surface area contributed by atoms with Crippen molar-refractivity contribution in [3.63, 3.8) is 0 Å². The Bertz CT molecular complexity index is 180. The quantitative estimate of drug-likeness (QED) is 0.489. The van der Waals surface area contributed by atoms with Crippen molar-refractivity contribution >= 4 is 5.97 Å². The lowest BCUT2D eigenvalue weighted by atomic mass is 9.95. The van der Waals surface area contributed by atoms with Crippen LogP contribution in [0.25, 0.3) is 0 Å². The van der Waals surface area contributed by atoms with Gasteiger partial charge in [-0.1, -0.05) is 46.0 Å². The number of ether oxygens (including phenoxy) is 1. The fourth-order valence-corrected chi connectivity index (χ4v) is 1.91. The Hall–Kier alpha value is -0.570. The van der Waals surface area contributed by atoms with Gasteiger partial charge in [-0.15, -0.1) is 0 Å². The van der Waals surface area contributed by atoms with Gasteiger partial charge in [0, 0.05) is 0 Å². The molecule has 2 atom stereocenters. The summed E-state index contributed by atoms with van der Waals surface area (Å²) in [7, 11) is 1.37. The van der Waals surface area contributed by atoms with Crippen LogP contribution in [0.5, 0.6) is 0 Å². The van der Waals surface area contributed by atoms with Crippen LogP contribution in [-0.2, 0) is 9.53 Å². The van der Waals surface area contributed by atoms with Crippen LogP contribution in [0.1, 0.15) is 58.8 Å². The number of carbonyl (C=O) groups is 1. The molecule has 0 unspecified atom stereocenters. The molecule has 0 aliphatic heterocycles. The minimum Gasteiger partial charge on any atom is -0.469 e. The Morgan fingerprint density at radius 2 is 1.81 bits per heavy atom. The molecule has 0 bridgehead atoms. The average Bonchev–Trinajstić information content (AvgIpc) is 2.29. The molecule has 0 saturated carbocycles. The molecule has 1 N–H and O–H groups in total. The summed E-state index contributed by atoms with van der Waals surface area (Å²) in [6, 6.07) is 0. The van der Waals surface area contributed by atoms with Crippen LogP contribution in [-0.4, -0.2) is 24.3 Å². The minimum atomic E-state index is -0.543. The monoisotopic (exact) mass is 230 g/mol. The molecule has 0 aliphatic rings. The number of unbranched alkanes of at least 4 members (excludes halogenated alkanes) is 4.